The van der Waals surface area contributed by atoms with Crippen LogP contribution < -0.4 is 5.32 Å². The first kappa shape index (κ1) is 15.0. The molecule has 1 heterocycles. The number of nitrogens with zero attached hydrogens (tertiary/aromatic N) is 1. The highest BCUT2D eigenvalue weighted by atomic mass is 32.2. The zero-order valence-electron chi connectivity index (χ0n) is 12.2. The second-order valence-electron chi connectivity index (χ2n) is 5.77. The van der Waals surface area contributed by atoms with Crippen LogP contribution >= 0.6 is 0 Å². The van der Waals surface area contributed by atoms with Gasteiger partial charge in [-0.25, -0.2) is 17.8 Å². The molecule has 1 fully saturated rings. The van der Waals surface area contributed by atoms with Crippen molar-refractivity contribution in [1.29, 1.82) is 0 Å². The Morgan fingerprint density at radius 1 is 1.27 bits per heavy atom. The van der Waals surface area contributed by atoms with E-state index in [0.717, 1.165) is 24.7 Å². The Hall–Kier alpha value is -1.95. The molecular weight excluding hydrogens is 303 g/mol. The van der Waals surface area contributed by atoms with Gasteiger partial charge >= 0.3 is 0 Å². The van der Waals surface area contributed by atoms with E-state index < -0.39 is 9.84 Å². The second kappa shape index (κ2) is 5.35. The maximum Gasteiger partial charge on any atom is 0.179 e. The lowest BCUT2D eigenvalue weighted by atomic mass is 9.96. The number of anilines is 1. The summed E-state index contributed by atoms with van der Waals surface area (Å²) in [4.78, 5) is 4.31. The van der Waals surface area contributed by atoms with Gasteiger partial charge < -0.3 is 5.32 Å². The number of pyridine rings is 1. The van der Waals surface area contributed by atoms with Gasteiger partial charge in [0, 0.05) is 24.4 Å². The zero-order chi connectivity index (χ0) is 15.8. The summed E-state index contributed by atoms with van der Waals surface area (Å²) in [5.74, 6) is 0.103. The number of halogens is 1. The Kier molecular flexibility index (Phi) is 3.64. The number of sulfone groups is 1. The Morgan fingerprint density at radius 3 is 2.68 bits per heavy atom. The van der Waals surface area contributed by atoms with Crippen LogP contribution in [0.15, 0.2) is 47.5 Å². The van der Waals surface area contributed by atoms with Crippen LogP contribution in [-0.4, -0.2) is 26.2 Å². The van der Waals surface area contributed by atoms with E-state index in [1.807, 2.05) is 6.07 Å². The monoisotopic (exact) mass is 320 g/mol. The smallest absolute Gasteiger partial charge is 0.179 e. The van der Waals surface area contributed by atoms with Crippen LogP contribution in [0.1, 0.15) is 18.4 Å². The molecule has 1 aliphatic carbocycles. The maximum atomic E-state index is 13.4. The van der Waals surface area contributed by atoms with Gasteiger partial charge in [-0.15, -0.1) is 0 Å². The molecule has 4 nitrogen and oxygen atoms in total. The van der Waals surface area contributed by atoms with Crippen LogP contribution in [0.2, 0.25) is 0 Å². The predicted molar refractivity (Wildman–Crippen MR) is 83.1 cm³/mol. The standard InChI is InChI=1S/C16H17FN2O2S/c1-22(20,21)14-6-3-9-18-15(14)19-11-16(7-8-16)12-4-2-5-13(17)10-12/h2-6,9-10H,7-8,11H2,1H3,(H,18,19). The Morgan fingerprint density at radius 2 is 2.05 bits per heavy atom. The van der Waals surface area contributed by atoms with Crippen molar-refractivity contribution in [3.63, 3.8) is 0 Å². The highest BCUT2D eigenvalue weighted by Crippen LogP contribution is 2.48. The Balaban J connectivity index is 1.82. The Bertz CT molecular complexity index is 801. The molecule has 1 saturated carbocycles. The third-order valence-electron chi connectivity index (χ3n) is 4.05. The average molecular weight is 320 g/mol. The van der Waals surface area contributed by atoms with E-state index in [-0.39, 0.29) is 16.1 Å². The summed E-state index contributed by atoms with van der Waals surface area (Å²) < 4.78 is 37.0. The minimum absolute atomic E-state index is 0.131. The molecule has 0 spiro atoms. The molecule has 22 heavy (non-hydrogen) atoms. The van der Waals surface area contributed by atoms with Crippen molar-refractivity contribution in [2.24, 2.45) is 0 Å². The van der Waals surface area contributed by atoms with Gasteiger partial charge in [-0.1, -0.05) is 12.1 Å². The van der Waals surface area contributed by atoms with Crippen LogP contribution in [-0.2, 0) is 15.3 Å². The highest BCUT2D eigenvalue weighted by Gasteiger charge is 2.44. The average Bonchev–Trinajstić information content (AvgIpc) is 3.26. The van der Waals surface area contributed by atoms with Crippen LogP contribution in [0, 0.1) is 5.82 Å². The topological polar surface area (TPSA) is 59.1 Å². The molecule has 0 amide bonds. The van der Waals surface area contributed by atoms with E-state index in [4.69, 9.17) is 0 Å². The van der Waals surface area contributed by atoms with Crippen molar-refractivity contribution < 1.29 is 12.8 Å². The summed E-state index contributed by atoms with van der Waals surface area (Å²) >= 11 is 0. The van der Waals surface area contributed by atoms with Gasteiger partial charge in [-0.2, -0.15) is 0 Å². The first-order chi connectivity index (χ1) is 10.4. The lowest BCUT2D eigenvalue weighted by Gasteiger charge is -2.18. The fraction of sp³-hybridized carbons (Fsp3) is 0.312. The number of nitrogens with one attached hydrogen (secondary N) is 1. The van der Waals surface area contributed by atoms with E-state index in [1.54, 1.807) is 24.4 Å². The van der Waals surface area contributed by atoms with Gasteiger partial charge in [0.15, 0.2) is 9.84 Å². The first-order valence-corrected chi connectivity index (χ1v) is 8.95. The molecule has 0 bridgehead atoms. The maximum absolute atomic E-state index is 13.4. The van der Waals surface area contributed by atoms with Crippen LogP contribution in [0.5, 0.6) is 0 Å². The van der Waals surface area contributed by atoms with Crippen molar-refractivity contribution in [1.82, 2.24) is 4.98 Å². The van der Waals surface area contributed by atoms with Crippen molar-refractivity contribution in [3.05, 3.63) is 54.0 Å². The summed E-state index contributed by atoms with van der Waals surface area (Å²) in [6.07, 6.45) is 4.61. The minimum Gasteiger partial charge on any atom is -0.368 e. The summed E-state index contributed by atoms with van der Waals surface area (Å²) in [6.45, 7) is 0.538. The predicted octanol–water partition coefficient (Wildman–Crippen LogP) is 2.77. The molecule has 0 unspecified atom stereocenters. The lowest BCUT2D eigenvalue weighted by molar-refractivity contribution is 0.601. The van der Waals surface area contributed by atoms with Gasteiger partial charge in [0.05, 0.1) is 0 Å². The fourth-order valence-corrected chi connectivity index (χ4v) is 3.41. The molecule has 6 heteroatoms. The SMILES string of the molecule is CS(=O)(=O)c1cccnc1NCC1(c2cccc(F)c2)CC1. The molecule has 1 aliphatic rings. The molecule has 0 radical (unpaired) electrons. The van der Waals surface area contributed by atoms with Gasteiger partial charge in [0.2, 0.25) is 0 Å². The summed E-state index contributed by atoms with van der Waals surface area (Å²) in [7, 11) is -3.34. The normalized spacial score (nSPS) is 16.3. The van der Waals surface area contributed by atoms with Gasteiger partial charge in [0.1, 0.15) is 16.5 Å². The summed E-state index contributed by atoms with van der Waals surface area (Å²) in [5, 5.41) is 3.13. The summed E-state index contributed by atoms with van der Waals surface area (Å²) in [5.41, 5.74) is 0.811. The van der Waals surface area contributed by atoms with E-state index >= 15 is 0 Å². The summed E-state index contributed by atoms with van der Waals surface area (Å²) in [6, 6.07) is 9.71. The molecule has 2 aromatic rings. The molecule has 0 aliphatic heterocycles. The lowest BCUT2D eigenvalue weighted by Crippen LogP contribution is -2.21. The van der Waals surface area contributed by atoms with Crippen LogP contribution in [0.25, 0.3) is 0 Å². The third-order valence-corrected chi connectivity index (χ3v) is 5.18. The fourth-order valence-electron chi connectivity index (χ4n) is 2.61. The van der Waals surface area contributed by atoms with Crippen LogP contribution in [0.4, 0.5) is 10.2 Å². The zero-order valence-corrected chi connectivity index (χ0v) is 13.0. The van der Waals surface area contributed by atoms with Crippen LogP contribution in [0.3, 0.4) is 0 Å². The number of rotatable bonds is 5. The quantitative estimate of drug-likeness (QED) is 0.920. The van der Waals surface area contributed by atoms with E-state index in [1.165, 1.54) is 12.1 Å². The number of hydrogen-bond acceptors (Lipinski definition) is 4. The van der Waals surface area contributed by atoms with Crippen molar-refractivity contribution in [2.75, 3.05) is 18.1 Å². The minimum atomic E-state index is -3.34. The molecule has 1 aromatic heterocycles. The van der Waals surface area contributed by atoms with Crippen molar-refractivity contribution in [3.8, 4) is 0 Å². The number of aromatic nitrogens is 1. The van der Waals surface area contributed by atoms with E-state index in [9.17, 15) is 12.8 Å². The highest BCUT2D eigenvalue weighted by molar-refractivity contribution is 7.90. The molecule has 116 valence electrons. The van der Waals surface area contributed by atoms with Crippen molar-refractivity contribution >= 4 is 15.7 Å². The van der Waals surface area contributed by atoms with Gasteiger partial charge in [0.25, 0.3) is 0 Å². The van der Waals surface area contributed by atoms with Crippen molar-refractivity contribution in [2.45, 2.75) is 23.2 Å². The molecule has 0 saturated heterocycles. The molecular formula is C16H17FN2O2S. The van der Waals surface area contributed by atoms with E-state index in [2.05, 4.69) is 10.3 Å². The van der Waals surface area contributed by atoms with Gasteiger partial charge in [-0.05, 0) is 42.7 Å². The van der Waals surface area contributed by atoms with Gasteiger partial charge in [-0.3, -0.25) is 0 Å². The first-order valence-electron chi connectivity index (χ1n) is 7.06. The van der Waals surface area contributed by atoms with E-state index in [0.29, 0.717) is 12.4 Å². The third kappa shape index (κ3) is 2.97. The number of benzene rings is 1. The molecule has 1 aromatic carbocycles. The Labute approximate surface area is 129 Å². The second-order valence-corrected chi connectivity index (χ2v) is 7.75. The molecule has 3 rings (SSSR count). The number of hydrogen-bond donors (Lipinski definition) is 1. The molecule has 1 N–H and O–H groups in total. The largest absolute Gasteiger partial charge is 0.368 e. The molecule has 0 atom stereocenters.